The van der Waals surface area contributed by atoms with E-state index in [-0.39, 0.29) is 17.5 Å². The number of rotatable bonds is 1. The zero-order valence-electron chi connectivity index (χ0n) is 9.19. The molecule has 0 bridgehead atoms. The highest BCUT2D eigenvalue weighted by Gasteiger charge is 2.28. The second-order valence-electron chi connectivity index (χ2n) is 4.14. The van der Waals surface area contributed by atoms with Crippen LogP contribution in [-0.4, -0.2) is 24.1 Å². The Balaban J connectivity index is 1.91. The van der Waals surface area contributed by atoms with Crippen molar-refractivity contribution in [1.29, 1.82) is 0 Å². The molecule has 0 aromatic heterocycles. The van der Waals surface area contributed by atoms with E-state index in [2.05, 4.69) is 15.9 Å². The number of ether oxygens (including phenoxy) is 2. The van der Waals surface area contributed by atoms with Crippen molar-refractivity contribution in [3.63, 3.8) is 0 Å². The molecule has 90 valence electrons. The summed E-state index contributed by atoms with van der Waals surface area (Å²) in [5, 5.41) is 0. The third-order valence-electron chi connectivity index (χ3n) is 3.04. The van der Waals surface area contributed by atoms with E-state index in [1.807, 2.05) is 18.2 Å². The van der Waals surface area contributed by atoms with Crippen LogP contribution in [0.4, 0.5) is 5.69 Å². The zero-order chi connectivity index (χ0) is 11.8. The first-order valence-electron chi connectivity index (χ1n) is 5.61. The lowest BCUT2D eigenvalue weighted by molar-refractivity contribution is -0.118. The minimum absolute atomic E-state index is 0.0679. The SMILES string of the molecule is O=C1C(Br)CCCN1c1ccc2c(c1)OCO2. The number of alkyl halides is 1. The Bertz CT molecular complexity index is 463. The number of halogens is 1. The van der Waals surface area contributed by atoms with Crippen LogP contribution < -0.4 is 14.4 Å². The van der Waals surface area contributed by atoms with Crippen LogP contribution in [0.3, 0.4) is 0 Å². The molecule has 17 heavy (non-hydrogen) atoms. The molecule has 1 atom stereocenters. The quantitative estimate of drug-likeness (QED) is 0.747. The van der Waals surface area contributed by atoms with Gasteiger partial charge in [-0.1, -0.05) is 15.9 Å². The lowest BCUT2D eigenvalue weighted by atomic mass is 10.1. The molecule has 2 aliphatic heterocycles. The van der Waals surface area contributed by atoms with Gasteiger partial charge in [-0.25, -0.2) is 0 Å². The highest BCUT2D eigenvalue weighted by atomic mass is 79.9. The molecule has 2 aliphatic rings. The topological polar surface area (TPSA) is 38.8 Å². The maximum atomic E-state index is 12.0. The first-order chi connectivity index (χ1) is 8.25. The summed E-state index contributed by atoms with van der Waals surface area (Å²) in [6.07, 6.45) is 1.91. The number of anilines is 1. The molecule has 0 aliphatic carbocycles. The van der Waals surface area contributed by atoms with Crippen molar-refractivity contribution < 1.29 is 14.3 Å². The van der Waals surface area contributed by atoms with Gasteiger partial charge in [-0.15, -0.1) is 0 Å². The maximum absolute atomic E-state index is 12.0. The van der Waals surface area contributed by atoms with E-state index in [1.54, 1.807) is 4.90 Å². The Morgan fingerprint density at radius 1 is 1.29 bits per heavy atom. The van der Waals surface area contributed by atoms with Crippen LogP contribution in [0, 0.1) is 0 Å². The Kier molecular flexibility index (Phi) is 2.70. The molecule has 1 saturated heterocycles. The average Bonchev–Trinajstić information content (AvgIpc) is 2.79. The Hall–Kier alpha value is -1.23. The molecule has 1 fully saturated rings. The molecule has 5 heteroatoms. The number of hydrogen-bond donors (Lipinski definition) is 0. The van der Waals surface area contributed by atoms with Crippen LogP contribution in [0.15, 0.2) is 18.2 Å². The highest BCUT2D eigenvalue weighted by molar-refractivity contribution is 9.10. The van der Waals surface area contributed by atoms with Crippen molar-refractivity contribution in [2.75, 3.05) is 18.2 Å². The fraction of sp³-hybridized carbons (Fsp3) is 0.417. The van der Waals surface area contributed by atoms with Crippen molar-refractivity contribution >= 4 is 27.5 Å². The van der Waals surface area contributed by atoms with Gasteiger partial charge in [0.15, 0.2) is 11.5 Å². The summed E-state index contributed by atoms with van der Waals surface area (Å²) >= 11 is 3.41. The second kappa shape index (κ2) is 4.22. The van der Waals surface area contributed by atoms with Crippen LogP contribution in [0.5, 0.6) is 11.5 Å². The van der Waals surface area contributed by atoms with Crippen molar-refractivity contribution in [3.8, 4) is 11.5 Å². The summed E-state index contributed by atoms with van der Waals surface area (Å²) in [5.74, 6) is 1.58. The molecule has 1 aromatic rings. The average molecular weight is 298 g/mol. The summed E-state index contributed by atoms with van der Waals surface area (Å²) in [6.45, 7) is 1.02. The van der Waals surface area contributed by atoms with E-state index in [4.69, 9.17) is 9.47 Å². The largest absolute Gasteiger partial charge is 0.454 e. The van der Waals surface area contributed by atoms with Gasteiger partial charge in [-0.3, -0.25) is 4.79 Å². The fourth-order valence-corrected chi connectivity index (χ4v) is 2.71. The van der Waals surface area contributed by atoms with Gasteiger partial charge in [-0.2, -0.15) is 0 Å². The standard InChI is InChI=1S/C12H12BrNO3/c13-9-2-1-5-14(12(9)15)8-3-4-10-11(6-8)17-7-16-10/h3-4,6,9H,1-2,5,7H2. The third-order valence-corrected chi connectivity index (χ3v) is 3.89. The Morgan fingerprint density at radius 2 is 2.12 bits per heavy atom. The number of nitrogens with zero attached hydrogens (tertiary/aromatic N) is 1. The Labute approximate surface area is 108 Å². The van der Waals surface area contributed by atoms with Crippen molar-refractivity contribution in [1.82, 2.24) is 0 Å². The fourth-order valence-electron chi connectivity index (χ4n) is 2.14. The second-order valence-corrected chi connectivity index (χ2v) is 5.24. The monoisotopic (exact) mass is 297 g/mol. The van der Waals surface area contributed by atoms with Crippen molar-refractivity contribution in [2.24, 2.45) is 0 Å². The molecular weight excluding hydrogens is 286 g/mol. The third kappa shape index (κ3) is 1.88. The molecule has 1 aromatic carbocycles. The van der Waals surface area contributed by atoms with Crippen molar-refractivity contribution in [3.05, 3.63) is 18.2 Å². The molecule has 2 heterocycles. The maximum Gasteiger partial charge on any atom is 0.240 e. The molecule has 3 rings (SSSR count). The molecule has 1 unspecified atom stereocenters. The van der Waals surface area contributed by atoms with Gasteiger partial charge in [0.25, 0.3) is 0 Å². The van der Waals surface area contributed by atoms with Crippen LogP contribution in [0.25, 0.3) is 0 Å². The van der Waals surface area contributed by atoms with E-state index in [9.17, 15) is 4.79 Å². The van der Waals surface area contributed by atoms with Gasteiger partial charge in [0, 0.05) is 18.3 Å². The minimum atomic E-state index is -0.0679. The number of benzene rings is 1. The summed E-state index contributed by atoms with van der Waals surface area (Å²) in [7, 11) is 0. The van der Waals surface area contributed by atoms with Crippen LogP contribution >= 0.6 is 15.9 Å². The summed E-state index contributed by atoms with van der Waals surface area (Å²) in [4.78, 5) is 13.8. The molecule has 4 nitrogen and oxygen atoms in total. The zero-order valence-corrected chi connectivity index (χ0v) is 10.8. The van der Waals surface area contributed by atoms with E-state index < -0.39 is 0 Å². The summed E-state index contributed by atoms with van der Waals surface area (Å²) in [6, 6.07) is 5.62. The first-order valence-corrected chi connectivity index (χ1v) is 6.52. The molecule has 0 spiro atoms. The summed E-state index contributed by atoms with van der Waals surface area (Å²) in [5.41, 5.74) is 0.878. The molecule has 0 saturated carbocycles. The van der Waals surface area contributed by atoms with Crippen LogP contribution in [0.1, 0.15) is 12.8 Å². The minimum Gasteiger partial charge on any atom is -0.454 e. The smallest absolute Gasteiger partial charge is 0.240 e. The van der Waals surface area contributed by atoms with Gasteiger partial charge < -0.3 is 14.4 Å². The predicted molar refractivity (Wildman–Crippen MR) is 66.9 cm³/mol. The lowest BCUT2D eigenvalue weighted by Crippen LogP contribution is -2.41. The highest BCUT2D eigenvalue weighted by Crippen LogP contribution is 2.36. The molecule has 0 radical (unpaired) electrons. The van der Waals surface area contributed by atoms with Crippen LogP contribution in [0.2, 0.25) is 0 Å². The number of carbonyl (C=O) groups excluding carboxylic acids is 1. The molecule has 1 amide bonds. The normalized spacial score (nSPS) is 23.0. The Morgan fingerprint density at radius 3 is 3.00 bits per heavy atom. The van der Waals surface area contributed by atoms with Gasteiger partial charge in [0.2, 0.25) is 12.7 Å². The van der Waals surface area contributed by atoms with Gasteiger partial charge in [0.05, 0.1) is 4.83 Å². The predicted octanol–water partition coefficient (Wildman–Crippen LogP) is 2.31. The van der Waals surface area contributed by atoms with Crippen molar-refractivity contribution in [2.45, 2.75) is 17.7 Å². The summed E-state index contributed by atoms with van der Waals surface area (Å²) < 4.78 is 10.6. The van der Waals surface area contributed by atoms with E-state index >= 15 is 0 Å². The molecular formula is C12H12BrNO3. The number of amides is 1. The first kappa shape index (κ1) is 10.9. The number of carbonyl (C=O) groups is 1. The van der Waals surface area contributed by atoms with E-state index in [1.165, 1.54) is 0 Å². The van der Waals surface area contributed by atoms with Gasteiger partial charge in [-0.05, 0) is 25.0 Å². The van der Waals surface area contributed by atoms with E-state index in [0.717, 1.165) is 30.8 Å². The van der Waals surface area contributed by atoms with Gasteiger partial charge >= 0.3 is 0 Å². The number of fused-ring (bicyclic) bond motifs is 1. The van der Waals surface area contributed by atoms with E-state index in [0.29, 0.717) is 5.75 Å². The van der Waals surface area contributed by atoms with Gasteiger partial charge in [0.1, 0.15) is 0 Å². The van der Waals surface area contributed by atoms with Crippen LogP contribution in [-0.2, 0) is 4.79 Å². The lowest BCUT2D eigenvalue weighted by Gasteiger charge is -2.29. The molecule has 0 N–H and O–H groups in total. The number of piperidine rings is 1. The number of hydrogen-bond acceptors (Lipinski definition) is 3.